The van der Waals surface area contributed by atoms with Crippen molar-refractivity contribution in [1.29, 1.82) is 0 Å². The van der Waals surface area contributed by atoms with E-state index in [0.717, 1.165) is 0 Å². The van der Waals surface area contributed by atoms with Gasteiger partial charge in [-0.1, -0.05) is 6.07 Å². The minimum Gasteiger partial charge on any atom is -0.497 e. The number of likely N-dealkylation sites (N-methyl/N-ethyl adjacent to an activating group) is 1. The number of nitrogens with zero attached hydrogens (tertiary/aromatic N) is 1. The zero-order chi connectivity index (χ0) is 14.3. The number of urea groups is 1. The van der Waals surface area contributed by atoms with Crippen molar-refractivity contribution in [2.45, 2.75) is 6.92 Å². The van der Waals surface area contributed by atoms with Gasteiger partial charge in [0.2, 0.25) is 0 Å². The van der Waals surface area contributed by atoms with E-state index in [0.29, 0.717) is 18.0 Å². The summed E-state index contributed by atoms with van der Waals surface area (Å²) in [5.41, 5.74) is 0.604. The molecule has 0 aliphatic carbocycles. The fraction of sp³-hybridized carbons (Fsp3) is 0.385. The molecule has 0 saturated carbocycles. The molecule has 1 rings (SSSR count). The second-order valence-corrected chi connectivity index (χ2v) is 3.75. The predicted octanol–water partition coefficient (Wildman–Crippen LogP) is 1.72. The SMILES string of the molecule is CCN(CC(=O)OC)C(=O)Nc1cccc(OC)c1. The second-order valence-electron chi connectivity index (χ2n) is 3.75. The van der Waals surface area contributed by atoms with Gasteiger partial charge in [-0.15, -0.1) is 0 Å². The van der Waals surface area contributed by atoms with E-state index in [1.807, 2.05) is 0 Å². The summed E-state index contributed by atoms with van der Waals surface area (Å²) < 4.78 is 9.60. The molecule has 6 nitrogen and oxygen atoms in total. The summed E-state index contributed by atoms with van der Waals surface area (Å²) in [6.45, 7) is 2.11. The molecule has 0 atom stereocenters. The van der Waals surface area contributed by atoms with Gasteiger partial charge in [0.25, 0.3) is 0 Å². The minimum absolute atomic E-state index is 0.0806. The minimum atomic E-state index is -0.456. The predicted molar refractivity (Wildman–Crippen MR) is 71.3 cm³/mol. The highest BCUT2D eigenvalue weighted by Gasteiger charge is 2.15. The molecule has 0 aromatic heterocycles. The van der Waals surface area contributed by atoms with Crippen molar-refractivity contribution < 1.29 is 19.1 Å². The Hall–Kier alpha value is -2.24. The number of carbonyl (C=O) groups is 2. The largest absolute Gasteiger partial charge is 0.497 e. The lowest BCUT2D eigenvalue weighted by atomic mass is 10.3. The van der Waals surface area contributed by atoms with Crippen LogP contribution in [0.2, 0.25) is 0 Å². The van der Waals surface area contributed by atoms with Gasteiger partial charge in [0, 0.05) is 18.3 Å². The first-order chi connectivity index (χ1) is 9.10. The molecule has 0 aliphatic rings. The maximum atomic E-state index is 12.0. The molecular formula is C13H18N2O4. The van der Waals surface area contributed by atoms with Gasteiger partial charge in [0.1, 0.15) is 12.3 Å². The van der Waals surface area contributed by atoms with Crippen molar-refractivity contribution in [2.24, 2.45) is 0 Å². The van der Waals surface area contributed by atoms with Gasteiger partial charge < -0.3 is 19.7 Å². The molecule has 0 bridgehead atoms. The monoisotopic (exact) mass is 266 g/mol. The van der Waals surface area contributed by atoms with E-state index in [9.17, 15) is 9.59 Å². The number of rotatable bonds is 5. The van der Waals surface area contributed by atoms with Crippen LogP contribution in [0.5, 0.6) is 5.75 Å². The summed E-state index contributed by atoms with van der Waals surface area (Å²) in [6, 6.07) is 6.63. The van der Waals surface area contributed by atoms with Gasteiger partial charge in [0.05, 0.1) is 14.2 Å². The molecule has 1 aromatic rings. The van der Waals surface area contributed by atoms with Crippen molar-refractivity contribution in [3.05, 3.63) is 24.3 Å². The quantitative estimate of drug-likeness (QED) is 0.824. The first-order valence-corrected chi connectivity index (χ1v) is 5.87. The van der Waals surface area contributed by atoms with E-state index >= 15 is 0 Å². The van der Waals surface area contributed by atoms with Crippen LogP contribution in [-0.4, -0.2) is 44.2 Å². The van der Waals surface area contributed by atoms with E-state index in [1.165, 1.54) is 12.0 Å². The highest BCUT2D eigenvalue weighted by molar-refractivity contribution is 5.91. The van der Waals surface area contributed by atoms with Gasteiger partial charge in [-0.05, 0) is 19.1 Å². The summed E-state index contributed by atoms with van der Waals surface area (Å²) >= 11 is 0. The Morgan fingerprint density at radius 3 is 2.63 bits per heavy atom. The fourth-order valence-corrected chi connectivity index (χ4v) is 1.45. The maximum absolute atomic E-state index is 12.0. The number of carbonyl (C=O) groups excluding carboxylic acids is 2. The zero-order valence-corrected chi connectivity index (χ0v) is 11.3. The lowest BCUT2D eigenvalue weighted by Gasteiger charge is -2.20. The van der Waals surface area contributed by atoms with Gasteiger partial charge in [-0.25, -0.2) is 4.79 Å². The lowest BCUT2D eigenvalue weighted by Crippen LogP contribution is -2.38. The molecule has 6 heteroatoms. The molecule has 0 radical (unpaired) electrons. The van der Waals surface area contributed by atoms with Crippen molar-refractivity contribution in [1.82, 2.24) is 4.90 Å². The number of benzene rings is 1. The molecule has 19 heavy (non-hydrogen) atoms. The Morgan fingerprint density at radius 1 is 1.32 bits per heavy atom. The number of hydrogen-bond acceptors (Lipinski definition) is 4. The van der Waals surface area contributed by atoms with Crippen LogP contribution in [-0.2, 0) is 9.53 Å². The molecule has 104 valence electrons. The number of methoxy groups -OCH3 is 2. The number of esters is 1. The Balaban J connectivity index is 2.68. The number of hydrogen-bond donors (Lipinski definition) is 1. The Bertz CT molecular complexity index is 448. The third-order valence-corrected chi connectivity index (χ3v) is 2.54. The zero-order valence-electron chi connectivity index (χ0n) is 11.3. The summed E-state index contributed by atoms with van der Waals surface area (Å²) in [5, 5.41) is 2.70. The molecule has 1 aromatic carbocycles. The molecule has 0 unspecified atom stereocenters. The smallest absolute Gasteiger partial charge is 0.325 e. The van der Waals surface area contributed by atoms with Crippen molar-refractivity contribution in [2.75, 3.05) is 32.6 Å². The average molecular weight is 266 g/mol. The Labute approximate surface area is 112 Å². The third kappa shape index (κ3) is 4.50. The van der Waals surface area contributed by atoms with E-state index in [2.05, 4.69) is 10.1 Å². The standard InChI is InChI=1S/C13H18N2O4/c1-4-15(9-12(16)19-3)13(17)14-10-6-5-7-11(8-10)18-2/h5-8H,4,9H2,1-3H3,(H,14,17). The molecule has 0 heterocycles. The molecule has 0 spiro atoms. The Kier molecular flexibility index (Phi) is 5.66. The molecular weight excluding hydrogens is 248 g/mol. The molecule has 0 saturated heterocycles. The van der Waals surface area contributed by atoms with E-state index in [1.54, 1.807) is 38.3 Å². The van der Waals surface area contributed by atoms with Crippen LogP contribution >= 0.6 is 0 Å². The van der Waals surface area contributed by atoms with Gasteiger partial charge >= 0.3 is 12.0 Å². The van der Waals surface area contributed by atoms with Gasteiger partial charge in [0.15, 0.2) is 0 Å². The van der Waals surface area contributed by atoms with Gasteiger partial charge in [-0.3, -0.25) is 4.79 Å². The lowest BCUT2D eigenvalue weighted by molar-refractivity contribution is -0.141. The molecule has 0 fully saturated rings. The first kappa shape index (κ1) is 14.8. The van der Waals surface area contributed by atoms with E-state index in [4.69, 9.17) is 4.74 Å². The summed E-state index contributed by atoms with van der Waals surface area (Å²) in [4.78, 5) is 24.5. The fourth-order valence-electron chi connectivity index (χ4n) is 1.45. The molecule has 0 aliphatic heterocycles. The average Bonchev–Trinajstić information content (AvgIpc) is 2.44. The topological polar surface area (TPSA) is 67.9 Å². The summed E-state index contributed by atoms with van der Waals surface area (Å²) in [7, 11) is 2.84. The number of anilines is 1. The van der Waals surface area contributed by atoms with Crippen LogP contribution in [0.1, 0.15) is 6.92 Å². The number of nitrogens with one attached hydrogen (secondary N) is 1. The van der Waals surface area contributed by atoms with Gasteiger partial charge in [-0.2, -0.15) is 0 Å². The van der Waals surface area contributed by atoms with Crippen LogP contribution in [0.3, 0.4) is 0 Å². The highest BCUT2D eigenvalue weighted by Crippen LogP contribution is 2.17. The number of amides is 2. The molecule has 1 N–H and O–H groups in total. The summed E-state index contributed by atoms with van der Waals surface area (Å²) in [5.74, 6) is 0.191. The van der Waals surface area contributed by atoms with Crippen LogP contribution in [0.4, 0.5) is 10.5 Å². The van der Waals surface area contributed by atoms with Crippen LogP contribution in [0.15, 0.2) is 24.3 Å². The molecule has 2 amide bonds. The van der Waals surface area contributed by atoms with Crippen molar-refractivity contribution in [3.8, 4) is 5.75 Å². The summed E-state index contributed by atoms with van der Waals surface area (Å²) in [6.07, 6.45) is 0. The van der Waals surface area contributed by atoms with E-state index < -0.39 is 5.97 Å². The van der Waals surface area contributed by atoms with Crippen molar-refractivity contribution in [3.63, 3.8) is 0 Å². The third-order valence-electron chi connectivity index (χ3n) is 2.54. The Morgan fingerprint density at radius 2 is 2.05 bits per heavy atom. The second kappa shape index (κ2) is 7.25. The maximum Gasteiger partial charge on any atom is 0.325 e. The first-order valence-electron chi connectivity index (χ1n) is 5.87. The normalized spacial score (nSPS) is 9.63. The van der Waals surface area contributed by atoms with E-state index in [-0.39, 0.29) is 12.6 Å². The van der Waals surface area contributed by atoms with Crippen LogP contribution < -0.4 is 10.1 Å². The van der Waals surface area contributed by atoms with Crippen LogP contribution in [0.25, 0.3) is 0 Å². The highest BCUT2D eigenvalue weighted by atomic mass is 16.5. The van der Waals surface area contributed by atoms with Crippen molar-refractivity contribution >= 4 is 17.7 Å². The number of ether oxygens (including phenoxy) is 2. The van der Waals surface area contributed by atoms with Crippen LogP contribution in [0, 0.1) is 0 Å².